The van der Waals surface area contributed by atoms with E-state index in [9.17, 15) is 0 Å². The van der Waals surface area contributed by atoms with E-state index in [0.717, 1.165) is 0 Å². The summed E-state index contributed by atoms with van der Waals surface area (Å²) in [5.74, 6) is 0.720. The molecule has 0 rings (SSSR count). The third-order valence-electron chi connectivity index (χ3n) is 1.78. The summed E-state index contributed by atoms with van der Waals surface area (Å²) in [7, 11) is 1.69. The number of hydrogen-bond donors (Lipinski definition) is 1. The Balaban J connectivity index is 3.80. The number of methoxy groups -OCH3 is 1. The maximum absolute atomic E-state index is 8.81. The van der Waals surface area contributed by atoms with Crippen LogP contribution in [0, 0.1) is 11.8 Å². The van der Waals surface area contributed by atoms with Gasteiger partial charge in [-0.3, -0.25) is 0 Å². The van der Waals surface area contributed by atoms with Gasteiger partial charge in [0.1, 0.15) is 0 Å². The van der Waals surface area contributed by atoms with Crippen LogP contribution < -0.4 is 0 Å². The highest BCUT2D eigenvalue weighted by Gasteiger charge is 2.18. The summed E-state index contributed by atoms with van der Waals surface area (Å²) in [5, 5.41) is 8.81. The van der Waals surface area contributed by atoms with Crippen LogP contribution in [0.2, 0.25) is 0 Å². The average molecular weight is 146 g/mol. The SMILES string of the molecule is CO[C@H](C(C)C)[C@@H](C)CO. The van der Waals surface area contributed by atoms with E-state index in [0.29, 0.717) is 5.92 Å². The lowest BCUT2D eigenvalue weighted by Gasteiger charge is -2.24. The molecule has 0 aromatic rings. The number of ether oxygens (including phenoxy) is 1. The van der Waals surface area contributed by atoms with Crippen molar-refractivity contribution in [1.82, 2.24) is 0 Å². The molecule has 0 amide bonds. The Bertz CT molecular complexity index is 81.3. The summed E-state index contributed by atoms with van der Waals surface area (Å²) in [6.45, 7) is 6.39. The topological polar surface area (TPSA) is 29.5 Å². The predicted octanol–water partition coefficient (Wildman–Crippen LogP) is 1.29. The maximum Gasteiger partial charge on any atom is 0.0641 e. The minimum Gasteiger partial charge on any atom is -0.396 e. The van der Waals surface area contributed by atoms with Crippen molar-refractivity contribution in [2.75, 3.05) is 13.7 Å². The first-order valence-electron chi connectivity index (χ1n) is 3.77. The lowest BCUT2D eigenvalue weighted by molar-refractivity contribution is 0.00318. The van der Waals surface area contributed by atoms with Gasteiger partial charge in [-0.2, -0.15) is 0 Å². The van der Waals surface area contributed by atoms with Gasteiger partial charge in [0.15, 0.2) is 0 Å². The van der Waals surface area contributed by atoms with E-state index in [4.69, 9.17) is 9.84 Å². The molecule has 0 aromatic heterocycles. The zero-order chi connectivity index (χ0) is 8.15. The van der Waals surface area contributed by atoms with Gasteiger partial charge in [-0.05, 0) is 5.92 Å². The van der Waals surface area contributed by atoms with Crippen LogP contribution in [0.25, 0.3) is 0 Å². The smallest absolute Gasteiger partial charge is 0.0641 e. The Morgan fingerprint density at radius 3 is 1.90 bits per heavy atom. The first-order valence-corrected chi connectivity index (χ1v) is 3.77. The molecule has 0 unspecified atom stereocenters. The van der Waals surface area contributed by atoms with Crippen LogP contribution in [-0.4, -0.2) is 24.9 Å². The molecular formula is C8H18O2. The lowest BCUT2D eigenvalue weighted by Crippen LogP contribution is -2.28. The molecule has 62 valence electrons. The predicted molar refractivity (Wildman–Crippen MR) is 41.9 cm³/mol. The van der Waals surface area contributed by atoms with E-state index in [1.165, 1.54) is 0 Å². The molecule has 2 nitrogen and oxygen atoms in total. The lowest BCUT2D eigenvalue weighted by atomic mass is 9.95. The summed E-state index contributed by atoms with van der Waals surface area (Å²) in [6, 6.07) is 0. The molecule has 10 heavy (non-hydrogen) atoms. The van der Waals surface area contributed by atoms with Crippen molar-refractivity contribution in [2.45, 2.75) is 26.9 Å². The molecule has 0 aliphatic heterocycles. The van der Waals surface area contributed by atoms with Gasteiger partial charge in [-0.25, -0.2) is 0 Å². The molecule has 1 N–H and O–H groups in total. The van der Waals surface area contributed by atoms with Crippen LogP contribution in [0.1, 0.15) is 20.8 Å². The first kappa shape index (κ1) is 9.92. The third kappa shape index (κ3) is 2.67. The van der Waals surface area contributed by atoms with Crippen LogP contribution in [0.3, 0.4) is 0 Å². The van der Waals surface area contributed by atoms with Gasteiger partial charge in [0.05, 0.1) is 6.10 Å². The summed E-state index contributed by atoms with van der Waals surface area (Å²) in [4.78, 5) is 0. The largest absolute Gasteiger partial charge is 0.396 e. The molecule has 0 saturated carbocycles. The van der Waals surface area contributed by atoms with E-state index in [1.807, 2.05) is 6.92 Å². The fourth-order valence-electron chi connectivity index (χ4n) is 1.27. The van der Waals surface area contributed by atoms with Crippen molar-refractivity contribution in [2.24, 2.45) is 11.8 Å². The van der Waals surface area contributed by atoms with E-state index in [-0.39, 0.29) is 18.6 Å². The summed E-state index contributed by atoms with van der Waals surface area (Å²) < 4.78 is 5.20. The molecule has 0 heterocycles. The van der Waals surface area contributed by atoms with Gasteiger partial charge < -0.3 is 9.84 Å². The van der Waals surface area contributed by atoms with Crippen molar-refractivity contribution in [3.05, 3.63) is 0 Å². The molecule has 0 aliphatic rings. The standard InChI is InChI=1S/C8H18O2/c1-6(2)8(10-4)7(3)5-9/h6-9H,5H2,1-4H3/t7-,8+/m0/s1. The summed E-state index contributed by atoms with van der Waals surface area (Å²) >= 11 is 0. The number of hydrogen-bond acceptors (Lipinski definition) is 2. The molecule has 0 spiro atoms. The van der Waals surface area contributed by atoms with Crippen molar-refractivity contribution >= 4 is 0 Å². The molecule has 0 saturated heterocycles. The highest BCUT2D eigenvalue weighted by atomic mass is 16.5. The molecule has 0 radical (unpaired) electrons. The second-order valence-electron chi connectivity index (χ2n) is 3.10. The van der Waals surface area contributed by atoms with Crippen LogP contribution in [0.4, 0.5) is 0 Å². The van der Waals surface area contributed by atoms with Gasteiger partial charge >= 0.3 is 0 Å². The van der Waals surface area contributed by atoms with Gasteiger partial charge in [0.25, 0.3) is 0 Å². The summed E-state index contributed by atoms with van der Waals surface area (Å²) in [6.07, 6.45) is 0.185. The minimum atomic E-state index is 0.185. The Kier molecular flexibility index (Phi) is 4.65. The second-order valence-corrected chi connectivity index (χ2v) is 3.10. The quantitative estimate of drug-likeness (QED) is 0.647. The average Bonchev–Trinajstić information content (AvgIpc) is 1.88. The minimum absolute atomic E-state index is 0.185. The molecule has 0 aliphatic carbocycles. The summed E-state index contributed by atoms with van der Waals surface area (Å²) in [5.41, 5.74) is 0. The van der Waals surface area contributed by atoms with E-state index >= 15 is 0 Å². The van der Waals surface area contributed by atoms with E-state index in [2.05, 4.69) is 13.8 Å². The molecule has 2 heteroatoms. The molecule has 2 atom stereocenters. The fourth-order valence-corrected chi connectivity index (χ4v) is 1.27. The van der Waals surface area contributed by atoms with Crippen LogP contribution in [0.15, 0.2) is 0 Å². The molecule has 0 fully saturated rings. The Morgan fingerprint density at radius 2 is 1.80 bits per heavy atom. The zero-order valence-electron chi connectivity index (χ0n) is 7.29. The normalized spacial score (nSPS) is 17.4. The highest BCUT2D eigenvalue weighted by Crippen LogP contribution is 2.14. The zero-order valence-corrected chi connectivity index (χ0v) is 7.29. The Hall–Kier alpha value is -0.0800. The van der Waals surface area contributed by atoms with E-state index < -0.39 is 0 Å². The third-order valence-corrected chi connectivity index (χ3v) is 1.78. The molecular weight excluding hydrogens is 128 g/mol. The first-order chi connectivity index (χ1) is 4.63. The maximum atomic E-state index is 8.81. The van der Waals surface area contributed by atoms with Crippen LogP contribution in [0.5, 0.6) is 0 Å². The second kappa shape index (κ2) is 4.69. The van der Waals surface area contributed by atoms with Crippen LogP contribution in [-0.2, 0) is 4.74 Å². The van der Waals surface area contributed by atoms with Gasteiger partial charge in [-0.15, -0.1) is 0 Å². The van der Waals surface area contributed by atoms with Crippen LogP contribution >= 0.6 is 0 Å². The fraction of sp³-hybridized carbons (Fsp3) is 1.00. The van der Waals surface area contributed by atoms with Crippen molar-refractivity contribution in [3.8, 4) is 0 Å². The van der Waals surface area contributed by atoms with Crippen molar-refractivity contribution in [1.29, 1.82) is 0 Å². The Labute approximate surface area is 63.2 Å². The molecule has 0 bridgehead atoms. The van der Waals surface area contributed by atoms with Gasteiger partial charge in [-0.1, -0.05) is 20.8 Å². The van der Waals surface area contributed by atoms with E-state index in [1.54, 1.807) is 7.11 Å². The monoisotopic (exact) mass is 146 g/mol. The van der Waals surface area contributed by atoms with Gasteiger partial charge in [0.2, 0.25) is 0 Å². The number of aliphatic hydroxyl groups is 1. The molecule has 0 aromatic carbocycles. The highest BCUT2D eigenvalue weighted by molar-refractivity contribution is 4.67. The van der Waals surface area contributed by atoms with Crippen molar-refractivity contribution < 1.29 is 9.84 Å². The Morgan fingerprint density at radius 1 is 1.30 bits per heavy atom. The van der Waals surface area contributed by atoms with Crippen molar-refractivity contribution in [3.63, 3.8) is 0 Å². The number of rotatable bonds is 4. The number of aliphatic hydroxyl groups excluding tert-OH is 1. The van der Waals surface area contributed by atoms with Gasteiger partial charge in [0, 0.05) is 19.6 Å².